The van der Waals surface area contributed by atoms with Crippen LogP contribution in [0.3, 0.4) is 0 Å². The lowest BCUT2D eigenvalue weighted by Crippen LogP contribution is -2.17. The van der Waals surface area contributed by atoms with Crippen molar-refractivity contribution < 1.29 is 12.8 Å². The molecule has 0 saturated heterocycles. The number of hydrogen-bond donors (Lipinski definition) is 2. The fourth-order valence-electron chi connectivity index (χ4n) is 1.69. The molecule has 0 saturated carbocycles. The first-order chi connectivity index (χ1) is 9.94. The van der Waals surface area contributed by atoms with Crippen molar-refractivity contribution >= 4 is 33.0 Å². The second kappa shape index (κ2) is 6.28. The highest BCUT2D eigenvalue weighted by Gasteiger charge is 2.20. The highest BCUT2D eigenvalue weighted by Crippen LogP contribution is 2.24. The van der Waals surface area contributed by atoms with Crippen LogP contribution < -0.4 is 10.0 Å². The number of benzene rings is 1. The summed E-state index contributed by atoms with van der Waals surface area (Å²) in [7, 11) is -3.90. The minimum absolute atomic E-state index is 0.132. The van der Waals surface area contributed by atoms with E-state index in [1.54, 1.807) is 12.1 Å². The van der Waals surface area contributed by atoms with Gasteiger partial charge in [-0.1, -0.05) is 11.6 Å². The van der Waals surface area contributed by atoms with Gasteiger partial charge in [-0.3, -0.25) is 4.72 Å². The molecule has 0 spiro atoms. The van der Waals surface area contributed by atoms with Crippen LogP contribution in [0.1, 0.15) is 6.92 Å². The number of hydrogen-bond acceptors (Lipinski definition) is 4. The normalized spacial score (nSPS) is 11.2. The van der Waals surface area contributed by atoms with Crippen molar-refractivity contribution in [3.8, 4) is 0 Å². The molecule has 1 aromatic carbocycles. The summed E-state index contributed by atoms with van der Waals surface area (Å²) in [4.78, 5) is 3.89. The van der Waals surface area contributed by atoms with Crippen molar-refractivity contribution in [2.75, 3.05) is 16.6 Å². The van der Waals surface area contributed by atoms with Gasteiger partial charge in [0.2, 0.25) is 0 Å². The lowest BCUT2D eigenvalue weighted by molar-refractivity contribution is 0.597. The zero-order valence-corrected chi connectivity index (χ0v) is 12.7. The Morgan fingerprint density at radius 2 is 2.10 bits per heavy atom. The summed E-state index contributed by atoms with van der Waals surface area (Å²) in [5, 5.41) is 2.62. The summed E-state index contributed by atoms with van der Waals surface area (Å²) < 4.78 is 40.1. The molecule has 21 heavy (non-hydrogen) atoms. The molecule has 0 aliphatic carbocycles. The van der Waals surface area contributed by atoms with Gasteiger partial charge < -0.3 is 5.32 Å². The predicted molar refractivity (Wildman–Crippen MR) is 80.6 cm³/mol. The summed E-state index contributed by atoms with van der Waals surface area (Å²) in [6.07, 6.45) is 1.38. The van der Waals surface area contributed by atoms with E-state index < -0.39 is 15.8 Å². The van der Waals surface area contributed by atoms with Crippen LogP contribution in [-0.2, 0) is 10.0 Å². The molecule has 2 aromatic rings. The van der Waals surface area contributed by atoms with Gasteiger partial charge in [-0.2, -0.15) is 8.42 Å². The highest BCUT2D eigenvalue weighted by molar-refractivity contribution is 7.92. The minimum Gasteiger partial charge on any atom is -0.383 e. The first-order valence-electron chi connectivity index (χ1n) is 6.11. The molecule has 0 bridgehead atoms. The van der Waals surface area contributed by atoms with Crippen LogP contribution in [-0.4, -0.2) is 19.9 Å². The van der Waals surface area contributed by atoms with Crippen LogP contribution in [0.2, 0.25) is 5.02 Å². The smallest absolute Gasteiger partial charge is 0.281 e. The molecule has 2 N–H and O–H groups in total. The van der Waals surface area contributed by atoms with Gasteiger partial charge in [-0.15, -0.1) is 0 Å². The third kappa shape index (κ3) is 3.62. The van der Waals surface area contributed by atoms with E-state index in [1.165, 1.54) is 18.3 Å². The molecule has 0 unspecified atom stereocenters. The Bertz CT molecular complexity index is 753. The molecule has 1 heterocycles. The number of sulfonamides is 1. The van der Waals surface area contributed by atoms with Crippen molar-refractivity contribution in [1.82, 2.24) is 4.98 Å². The Kier molecular flexibility index (Phi) is 4.64. The molecule has 5 nitrogen and oxygen atoms in total. The first kappa shape index (κ1) is 15.5. The average molecular weight is 330 g/mol. The number of nitrogens with zero attached hydrogens (tertiary/aromatic N) is 1. The van der Waals surface area contributed by atoms with E-state index in [1.807, 2.05) is 6.92 Å². The van der Waals surface area contributed by atoms with Gasteiger partial charge in [0.1, 0.15) is 5.82 Å². The summed E-state index contributed by atoms with van der Waals surface area (Å²) in [6.45, 7) is 2.40. The molecule has 2 rings (SSSR count). The van der Waals surface area contributed by atoms with Crippen molar-refractivity contribution in [1.29, 1.82) is 0 Å². The summed E-state index contributed by atoms with van der Waals surface area (Å²) >= 11 is 5.63. The molecule has 0 aliphatic rings. The van der Waals surface area contributed by atoms with Crippen molar-refractivity contribution in [3.63, 3.8) is 0 Å². The van der Waals surface area contributed by atoms with E-state index in [-0.39, 0.29) is 15.7 Å². The molecule has 8 heteroatoms. The SMILES string of the molecule is CCNc1cccnc1S(=O)(=O)Nc1ccc(F)c(Cl)c1. The molecule has 0 fully saturated rings. The van der Waals surface area contributed by atoms with Gasteiger partial charge >= 0.3 is 0 Å². The van der Waals surface area contributed by atoms with E-state index in [2.05, 4.69) is 15.0 Å². The highest BCUT2D eigenvalue weighted by atomic mass is 35.5. The summed E-state index contributed by atoms with van der Waals surface area (Å²) in [6, 6.07) is 6.82. The van der Waals surface area contributed by atoms with Crippen LogP contribution in [0.15, 0.2) is 41.6 Å². The monoisotopic (exact) mass is 329 g/mol. The molecule has 0 atom stereocenters. The minimum atomic E-state index is -3.90. The molecule has 1 aromatic heterocycles. The fraction of sp³-hybridized carbons (Fsp3) is 0.154. The topological polar surface area (TPSA) is 71.1 Å². The van der Waals surface area contributed by atoms with E-state index in [9.17, 15) is 12.8 Å². The lowest BCUT2D eigenvalue weighted by atomic mass is 10.3. The van der Waals surface area contributed by atoms with E-state index in [0.29, 0.717) is 12.2 Å². The number of aromatic nitrogens is 1. The maximum absolute atomic E-state index is 13.1. The van der Waals surface area contributed by atoms with Crippen LogP contribution in [0.5, 0.6) is 0 Å². The standard InChI is InChI=1S/C13H13ClFN3O2S/c1-2-16-12-4-3-7-17-13(12)21(19,20)18-9-5-6-11(15)10(14)8-9/h3-8,16,18H,2H2,1H3. The quantitative estimate of drug-likeness (QED) is 0.884. The third-order valence-corrected chi connectivity index (χ3v) is 4.19. The van der Waals surface area contributed by atoms with Gasteiger partial charge in [-0.25, -0.2) is 9.37 Å². The summed E-state index contributed by atoms with van der Waals surface area (Å²) in [5.74, 6) is -0.620. The number of anilines is 2. The Morgan fingerprint density at radius 3 is 2.76 bits per heavy atom. The Morgan fingerprint density at radius 1 is 1.33 bits per heavy atom. The van der Waals surface area contributed by atoms with Gasteiger partial charge in [0.25, 0.3) is 10.0 Å². The van der Waals surface area contributed by atoms with Crippen molar-refractivity contribution in [2.45, 2.75) is 11.9 Å². The van der Waals surface area contributed by atoms with Gasteiger partial charge in [-0.05, 0) is 37.3 Å². The molecule has 0 aliphatic heterocycles. The zero-order valence-electron chi connectivity index (χ0n) is 11.1. The lowest BCUT2D eigenvalue weighted by Gasteiger charge is -2.12. The molecule has 0 radical (unpaired) electrons. The maximum Gasteiger partial charge on any atom is 0.281 e. The van der Waals surface area contributed by atoms with Gasteiger partial charge in [0.15, 0.2) is 5.03 Å². The fourth-order valence-corrected chi connectivity index (χ4v) is 3.04. The first-order valence-corrected chi connectivity index (χ1v) is 7.97. The molecular formula is C13H13ClFN3O2S. The van der Waals surface area contributed by atoms with Crippen LogP contribution in [0.25, 0.3) is 0 Å². The molecule has 112 valence electrons. The Hall–Kier alpha value is -1.86. The molecule has 0 amide bonds. The van der Waals surface area contributed by atoms with Gasteiger partial charge in [0.05, 0.1) is 16.4 Å². The summed E-state index contributed by atoms with van der Waals surface area (Å²) in [5.41, 5.74) is 0.551. The van der Waals surface area contributed by atoms with E-state index in [0.717, 1.165) is 6.07 Å². The largest absolute Gasteiger partial charge is 0.383 e. The predicted octanol–water partition coefficient (Wildman–Crippen LogP) is 3.11. The average Bonchev–Trinajstić information content (AvgIpc) is 2.43. The Balaban J connectivity index is 2.36. The second-order valence-corrected chi connectivity index (χ2v) is 6.13. The van der Waals surface area contributed by atoms with E-state index >= 15 is 0 Å². The van der Waals surface area contributed by atoms with Crippen LogP contribution in [0, 0.1) is 5.82 Å². The number of halogens is 2. The zero-order chi connectivity index (χ0) is 15.5. The second-order valence-electron chi connectivity index (χ2n) is 4.12. The van der Waals surface area contributed by atoms with Crippen molar-refractivity contribution in [2.24, 2.45) is 0 Å². The number of pyridine rings is 1. The molecular weight excluding hydrogens is 317 g/mol. The van der Waals surface area contributed by atoms with E-state index in [4.69, 9.17) is 11.6 Å². The van der Waals surface area contributed by atoms with Crippen molar-refractivity contribution in [3.05, 3.63) is 47.4 Å². The Labute approximate surface area is 127 Å². The van der Waals surface area contributed by atoms with Gasteiger partial charge in [0, 0.05) is 12.7 Å². The third-order valence-electron chi connectivity index (χ3n) is 2.56. The van der Waals surface area contributed by atoms with Crippen LogP contribution >= 0.6 is 11.6 Å². The van der Waals surface area contributed by atoms with Crippen LogP contribution in [0.4, 0.5) is 15.8 Å². The number of nitrogens with one attached hydrogen (secondary N) is 2. The maximum atomic E-state index is 13.1. The number of rotatable bonds is 5.